The third kappa shape index (κ3) is 7.88. The van der Waals surface area contributed by atoms with Crippen LogP contribution in [0.2, 0.25) is 0 Å². The van der Waals surface area contributed by atoms with E-state index in [0.717, 1.165) is 23.1 Å². The number of esters is 1. The Kier molecular flexibility index (Phi) is 10.5. The Morgan fingerprint density at radius 2 is 1.63 bits per heavy atom. The van der Waals surface area contributed by atoms with Crippen LogP contribution in [-0.2, 0) is 20.7 Å². The number of hydrogen-bond acceptors (Lipinski definition) is 6. The number of hydrogen-bond donors (Lipinski definition) is 1. The van der Waals surface area contributed by atoms with Gasteiger partial charge in [-0.2, -0.15) is 11.8 Å². The summed E-state index contributed by atoms with van der Waals surface area (Å²) in [7, 11) is 1.32. The molecule has 0 unspecified atom stereocenters. The first-order chi connectivity index (χ1) is 14.5. The number of carbonyl (C=O) groups excluding carboxylic acids is 3. The van der Waals surface area contributed by atoms with Crippen LogP contribution in [0, 0.1) is 5.92 Å². The number of benzene rings is 2. The van der Waals surface area contributed by atoms with E-state index in [9.17, 15) is 14.4 Å². The van der Waals surface area contributed by atoms with E-state index in [1.165, 1.54) is 7.11 Å². The fourth-order valence-corrected chi connectivity index (χ4v) is 4.27. The largest absolute Gasteiger partial charge is 0.467 e. The number of thioether (sulfide) groups is 2. The highest BCUT2D eigenvalue weighted by molar-refractivity contribution is 8.14. The minimum Gasteiger partial charge on any atom is -0.467 e. The van der Waals surface area contributed by atoms with Crippen LogP contribution in [0.3, 0.4) is 0 Å². The first-order valence-corrected chi connectivity index (χ1v) is 12.1. The molecule has 0 aliphatic rings. The highest BCUT2D eigenvalue weighted by Gasteiger charge is 2.27. The molecule has 2 aromatic rings. The Bertz CT molecular complexity index is 814. The quantitative estimate of drug-likeness (QED) is 0.530. The summed E-state index contributed by atoms with van der Waals surface area (Å²) in [5, 5.41) is 2.76. The molecule has 1 amide bonds. The molecule has 0 bridgehead atoms. The second-order valence-corrected chi connectivity index (χ2v) is 8.70. The molecule has 0 aliphatic carbocycles. The minimum atomic E-state index is -0.692. The SMILES string of the molecule is COC(=O)[C@H](CCSC)NC(=O)[C@@H](CSC(=O)c1ccccc1)Cc1ccccc1. The standard InChI is InChI=1S/C23H27NO4S2/c1-28-22(26)20(13-14-29-2)24-21(25)19(15-17-9-5-3-6-10-17)16-30-23(27)18-11-7-4-8-12-18/h3-12,19-20H,13-16H2,1-2H3,(H,24,25)/t19-,20+/m1/s1. The molecule has 2 rings (SSSR count). The number of rotatable bonds is 11. The summed E-state index contributed by atoms with van der Waals surface area (Å²) in [4.78, 5) is 37.6. The van der Waals surface area contributed by atoms with Gasteiger partial charge >= 0.3 is 5.97 Å². The van der Waals surface area contributed by atoms with Crippen molar-refractivity contribution in [3.05, 3.63) is 71.8 Å². The van der Waals surface area contributed by atoms with Crippen molar-refractivity contribution in [1.82, 2.24) is 5.32 Å². The van der Waals surface area contributed by atoms with E-state index in [0.29, 0.717) is 24.2 Å². The zero-order valence-electron chi connectivity index (χ0n) is 17.2. The molecule has 30 heavy (non-hydrogen) atoms. The van der Waals surface area contributed by atoms with Crippen molar-refractivity contribution in [2.45, 2.75) is 18.9 Å². The van der Waals surface area contributed by atoms with Gasteiger partial charge in [0.25, 0.3) is 0 Å². The molecule has 0 spiro atoms. The van der Waals surface area contributed by atoms with Crippen molar-refractivity contribution < 1.29 is 19.1 Å². The van der Waals surface area contributed by atoms with E-state index in [-0.39, 0.29) is 11.0 Å². The number of methoxy groups -OCH3 is 1. The summed E-state index contributed by atoms with van der Waals surface area (Å²) in [6.07, 6.45) is 2.92. The number of ether oxygens (including phenoxy) is 1. The lowest BCUT2D eigenvalue weighted by Crippen LogP contribution is -2.45. The lowest BCUT2D eigenvalue weighted by Gasteiger charge is -2.21. The molecule has 0 heterocycles. The van der Waals surface area contributed by atoms with E-state index < -0.39 is 17.9 Å². The highest BCUT2D eigenvalue weighted by atomic mass is 32.2. The van der Waals surface area contributed by atoms with Crippen LogP contribution >= 0.6 is 23.5 Å². The van der Waals surface area contributed by atoms with Crippen LogP contribution in [0.5, 0.6) is 0 Å². The lowest BCUT2D eigenvalue weighted by atomic mass is 9.99. The minimum absolute atomic E-state index is 0.0756. The molecule has 0 saturated carbocycles. The van der Waals surface area contributed by atoms with E-state index in [2.05, 4.69) is 5.32 Å². The number of carbonyl (C=O) groups is 3. The van der Waals surface area contributed by atoms with Gasteiger partial charge < -0.3 is 10.1 Å². The van der Waals surface area contributed by atoms with Gasteiger partial charge in [-0.05, 0) is 30.4 Å². The molecule has 0 fully saturated rings. The van der Waals surface area contributed by atoms with Gasteiger partial charge in [0.05, 0.1) is 13.0 Å². The summed E-state index contributed by atoms with van der Waals surface area (Å²) >= 11 is 2.72. The lowest BCUT2D eigenvalue weighted by molar-refractivity contribution is -0.145. The molecule has 1 N–H and O–H groups in total. The van der Waals surface area contributed by atoms with E-state index in [1.54, 1.807) is 23.9 Å². The smallest absolute Gasteiger partial charge is 0.328 e. The van der Waals surface area contributed by atoms with Gasteiger partial charge in [-0.25, -0.2) is 4.79 Å². The van der Waals surface area contributed by atoms with Gasteiger partial charge in [-0.3, -0.25) is 9.59 Å². The zero-order chi connectivity index (χ0) is 21.8. The van der Waals surface area contributed by atoms with Crippen molar-refractivity contribution >= 4 is 40.5 Å². The average Bonchev–Trinajstić information content (AvgIpc) is 2.79. The van der Waals surface area contributed by atoms with Gasteiger partial charge in [0.1, 0.15) is 6.04 Å². The van der Waals surface area contributed by atoms with Crippen LogP contribution in [0.4, 0.5) is 0 Å². The van der Waals surface area contributed by atoms with Gasteiger partial charge in [-0.15, -0.1) is 0 Å². The van der Waals surface area contributed by atoms with Crippen molar-refractivity contribution in [1.29, 1.82) is 0 Å². The third-order valence-corrected chi connectivity index (χ3v) is 6.24. The molecule has 5 nitrogen and oxygen atoms in total. The molecule has 0 aromatic heterocycles. The summed E-state index contributed by atoms with van der Waals surface area (Å²) in [5.74, 6) is -0.103. The topological polar surface area (TPSA) is 72.5 Å². The van der Waals surface area contributed by atoms with Crippen molar-refractivity contribution in [2.75, 3.05) is 24.9 Å². The molecule has 2 aromatic carbocycles. The molecule has 160 valence electrons. The molecule has 0 aliphatic heterocycles. The van der Waals surface area contributed by atoms with Gasteiger partial charge in [0, 0.05) is 11.3 Å². The van der Waals surface area contributed by atoms with Gasteiger partial charge in [0.2, 0.25) is 11.0 Å². The maximum Gasteiger partial charge on any atom is 0.328 e. The van der Waals surface area contributed by atoms with Crippen LogP contribution in [-0.4, -0.2) is 47.9 Å². The molecular weight excluding hydrogens is 418 g/mol. The monoisotopic (exact) mass is 445 g/mol. The first kappa shape index (κ1) is 24.0. The fourth-order valence-electron chi connectivity index (χ4n) is 2.88. The Labute approximate surface area is 186 Å². The number of amides is 1. The zero-order valence-corrected chi connectivity index (χ0v) is 18.8. The predicted octanol–water partition coefficient (Wildman–Crippen LogP) is 3.83. The average molecular weight is 446 g/mol. The molecule has 0 radical (unpaired) electrons. The van der Waals surface area contributed by atoms with E-state index in [4.69, 9.17) is 4.74 Å². The Balaban J connectivity index is 2.09. The van der Waals surface area contributed by atoms with Crippen LogP contribution in [0.25, 0.3) is 0 Å². The fraction of sp³-hybridized carbons (Fsp3) is 0.348. The molecular formula is C23H27NO4S2. The Morgan fingerprint density at radius 3 is 2.23 bits per heavy atom. The van der Waals surface area contributed by atoms with Crippen LogP contribution < -0.4 is 5.32 Å². The summed E-state index contributed by atoms with van der Waals surface area (Å²) in [5.41, 5.74) is 1.61. The molecule has 7 heteroatoms. The maximum absolute atomic E-state index is 13.0. The predicted molar refractivity (Wildman–Crippen MR) is 124 cm³/mol. The summed E-state index contributed by atoms with van der Waals surface area (Å²) in [6, 6.07) is 18.0. The molecule has 0 saturated heterocycles. The second kappa shape index (κ2) is 13.1. The Morgan fingerprint density at radius 1 is 1.00 bits per heavy atom. The van der Waals surface area contributed by atoms with Gasteiger partial charge in [-0.1, -0.05) is 72.4 Å². The van der Waals surface area contributed by atoms with Gasteiger partial charge in [0.15, 0.2) is 0 Å². The van der Waals surface area contributed by atoms with Crippen molar-refractivity contribution in [3.8, 4) is 0 Å². The third-order valence-electron chi connectivity index (χ3n) is 4.53. The normalized spacial score (nSPS) is 12.6. The summed E-state index contributed by atoms with van der Waals surface area (Å²) in [6.45, 7) is 0. The second-order valence-electron chi connectivity index (χ2n) is 6.72. The van der Waals surface area contributed by atoms with Crippen molar-refractivity contribution in [2.24, 2.45) is 5.92 Å². The summed E-state index contributed by atoms with van der Waals surface area (Å²) < 4.78 is 4.84. The highest BCUT2D eigenvalue weighted by Crippen LogP contribution is 2.20. The molecule has 2 atom stereocenters. The van der Waals surface area contributed by atoms with Crippen molar-refractivity contribution in [3.63, 3.8) is 0 Å². The maximum atomic E-state index is 13.0. The number of nitrogens with one attached hydrogen (secondary N) is 1. The Hall–Kier alpha value is -2.25. The van der Waals surface area contributed by atoms with Crippen LogP contribution in [0.15, 0.2) is 60.7 Å². The first-order valence-electron chi connectivity index (χ1n) is 9.68. The van der Waals surface area contributed by atoms with Crippen LogP contribution in [0.1, 0.15) is 22.3 Å². The van der Waals surface area contributed by atoms with E-state index in [1.807, 2.05) is 54.8 Å². The van der Waals surface area contributed by atoms with E-state index >= 15 is 0 Å².